The van der Waals surface area contributed by atoms with Crippen LogP contribution in [0.3, 0.4) is 0 Å². The van der Waals surface area contributed by atoms with Crippen LogP contribution >= 0.6 is 11.8 Å². The maximum absolute atomic E-state index is 13.7. The molecule has 0 saturated carbocycles. The Morgan fingerprint density at radius 2 is 2.19 bits per heavy atom. The van der Waals surface area contributed by atoms with Crippen molar-refractivity contribution in [1.82, 2.24) is 14.8 Å². The number of rotatable bonds is 8. The molecule has 142 valence electrons. The van der Waals surface area contributed by atoms with Gasteiger partial charge in [-0.3, -0.25) is 9.36 Å². The number of hydrogen-bond donors (Lipinski definition) is 0. The summed E-state index contributed by atoms with van der Waals surface area (Å²) >= 11 is 1.22. The number of hydrogen-bond acceptors (Lipinski definition) is 7. The number of benzene rings is 1. The minimum atomic E-state index is -0.498. The summed E-state index contributed by atoms with van der Waals surface area (Å²) in [6, 6.07) is 7.99. The van der Waals surface area contributed by atoms with Gasteiger partial charge in [0.05, 0.1) is 19.1 Å². The Labute approximate surface area is 159 Å². The molecule has 0 aliphatic rings. The average molecular weight is 391 g/mol. The fourth-order valence-electron chi connectivity index (χ4n) is 2.40. The first-order valence-electron chi connectivity index (χ1n) is 8.20. The molecule has 27 heavy (non-hydrogen) atoms. The summed E-state index contributed by atoms with van der Waals surface area (Å²) in [5.41, 5.74) is 0.545. The van der Waals surface area contributed by atoms with Gasteiger partial charge in [-0.15, -0.1) is 10.2 Å². The molecule has 3 rings (SSSR count). The van der Waals surface area contributed by atoms with Crippen molar-refractivity contribution in [2.75, 3.05) is 12.9 Å². The van der Waals surface area contributed by atoms with Crippen LogP contribution in [0.25, 0.3) is 11.6 Å². The zero-order valence-electron chi connectivity index (χ0n) is 14.8. The quantitative estimate of drug-likeness (QED) is 0.429. The molecule has 0 radical (unpaired) electrons. The summed E-state index contributed by atoms with van der Waals surface area (Å²) in [6.07, 6.45) is 1.57. The normalized spacial score (nSPS) is 10.8. The average Bonchev–Trinajstić information content (AvgIpc) is 3.33. The molecule has 0 atom stereocenters. The maximum atomic E-state index is 13.7. The molecule has 1 aromatic carbocycles. The number of nitrogens with zero attached hydrogens (tertiary/aromatic N) is 3. The minimum Gasteiger partial charge on any atom is -0.494 e. The van der Waals surface area contributed by atoms with Crippen LogP contribution in [0.2, 0.25) is 0 Å². The number of thioether (sulfide) groups is 1. The third kappa shape index (κ3) is 4.48. The van der Waals surface area contributed by atoms with Gasteiger partial charge in [0, 0.05) is 6.54 Å². The number of methoxy groups -OCH3 is 1. The molecule has 0 spiro atoms. The first kappa shape index (κ1) is 19.0. The van der Waals surface area contributed by atoms with Gasteiger partial charge in [0.15, 0.2) is 28.3 Å². The summed E-state index contributed by atoms with van der Waals surface area (Å²) < 4.78 is 30.9. The molecule has 0 bridgehead atoms. The number of carbonyl (C=O) groups is 1. The molecule has 9 heteroatoms. The van der Waals surface area contributed by atoms with Crippen molar-refractivity contribution in [3.8, 4) is 17.3 Å². The second-order valence-electron chi connectivity index (χ2n) is 5.45. The fraction of sp³-hybridized carbons (Fsp3) is 0.278. The predicted octanol–water partition coefficient (Wildman–Crippen LogP) is 3.54. The maximum Gasteiger partial charge on any atom is 0.316 e. The van der Waals surface area contributed by atoms with Crippen LogP contribution in [0.1, 0.15) is 12.5 Å². The summed E-state index contributed by atoms with van der Waals surface area (Å²) in [5, 5.41) is 8.82. The highest BCUT2D eigenvalue weighted by molar-refractivity contribution is 7.99. The predicted molar refractivity (Wildman–Crippen MR) is 96.9 cm³/mol. The van der Waals surface area contributed by atoms with E-state index in [1.165, 1.54) is 31.0 Å². The van der Waals surface area contributed by atoms with Gasteiger partial charge >= 0.3 is 5.97 Å². The van der Waals surface area contributed by atoms with Gasteiger partial charge in [-0.25, -0.2) is 4.39 Å². The van der Waals surface area contributed by atoms with E-state index in [9.17, 15) is 9.18 Å². The number of furan rings is 1. The minimum absolute atomic E-state index is 0.0155. The van der Waals surface area contributed by atoms with E-state index in [2.05, 4.69) is 10.2 Å². The van der Waals surface area contributed by atoms with Gasteiger partial charge < -0.3 is 13.9 Å². The highest BCUT2D eigenvalue weighted by atomic mass is 32.2. The molecule has 2 heterocycles. The number of esters is 1. The van der Waals surface area contributed by atoms with Crippen molar-refractivity contribution in [2.24, 2.45) is 0 Å². The molecule has 0 fully saturated rings. The zero-order chi connectivity index (χ0) is 19.2. The molecule has 7 nitrogen and oxygen atoms in total. The first-order chi connectivity index (χ1) is 13.1. The Balaban J connectivity index is 1.56. The molecule has 0 aliphatic carbocycles. The molecular weight excluding hydrogens is 373 g/mol. The Kier molecular flexibility index (Phi) is 6.12. The lowest BCUT2D eigenvalue weighted by Gasteiger charge is -2.08. The monoisotopic (exact) mass is 391 g/mol. The largest absolute Gasteiger partial charge is 0.494 e. The highest BCUT2D eigenvalue weighted by Gasteiger charge is 2.16. The van der Waals surface area contributed by atoms with E-state index in [1.807, 2.05) is 11.5 Å². The van der Waals surface area contributed by atoms with Crippen molar-refractivity contribution in [2.45, 2.75) is 25.2 Å². The number of carbonyl (C=O) groups excluding carboxylic acids is 1. The smallest absolute Gasteiger partial charge is 0.316 e. The summed E-state index contributed by atoms with van der Waals surface area (Å²) in [5.74, 6) is 0.497. The van der Waals surface area contributed by atoms with E-state index in [0.717, 1.165) is 0 Å². The number of ether oxygens (including phenoxy) is 2. The van der Waals surface area contributed by atoms with Crippen LogP contribution in [-0.2, 0) is 22.7 Å². The number of aromatic nitrogens is 3. The Hall–Kier alpha value is -2.81. The van der Waals surface area contributed by atoms with Gasteiger partial charge in [-0.1, -0.05) is 17.8 Å². The fourth-order valence-corrected chi connectivity index (χ4v) is 3.20. The second-order valence-corrected chi connectivity index (χ2v) is 6.39. The molecule has 0 aliphatic heterocycles. The second kappa shape index (κ2) is 8.72. The third-order valence-corrected chi connectivity index (χ3v) is 4.65. The Morgan fingerprint density at radius 1 is 1.33 bits per heavy atom. The van der Waals surface area contributed by atoms with E-state index >= 15 is 0 Å². The summed E-state index contributed by atoms with van der Waals surface area (Å²) in [4.78, 5) is 12.0. The van der Waals surface area contributed by atoms with Gasteiger partial charge in [0.25, 0.3) is 0 Å². The lowest BCUT2D eigenvalue weighted by molar-refractivity contribution is -0.141. The molecule has 3 aromatic rings. The SMILES string of the molecule is CCn1c(SCC(=O)OCc2ccc(OC)c(F)c2)nnc1-c1ccco1. The van der Waals surface area contributed by atoms with E-state index in [-0.39, 0.29) is 18.1 Å². The first-order valence-corrected chi connectivity index (χ1v) is 9.18. The van der Waals surface area contributed by atoms with E-state index in [4.69, 9.17) is 13.9 Å². The van der Waals surface area contributed by atoms with Crippen LogP contribution in [-0.4, -0.2) is 33.6 Å². The van der Waals surface area contributed by atoms with Crippen molar-refractivity contribution < 1.29 is 23.1 Å². The van der Waals surface area contributed by atoms with E-state index in [0.29, 0.717) is 28.8 Å². The molecule has 0 unspecified atom stereocenters. The van der Waals surface area contributed by atoms with Gasteiger partial charge in [-0.05, 0) is 36.8 Å². The summed E-state index contributed by atoms with van der Waals surface area (Å²) in [6.45, 7) is 2.57. The van der Waals surface area contributed by atoms with Crippen LogP contribution in [0.4, 0.5) is 4.39 Å². The van der Waals surface area contributed by atoms with Crippen molar-refractivity contribution in [1.29, 1.82) is 0 Å². The molecule has 0 saturated heterocycles. The Morgan fingerprint density at radius 3 is 2.85 bits per heavy atom. The summed E-state index contributed by atoms with van der Waals surface area (Å²) in [7, 11) is 1.39. The van der Waals surface area contributed by atoms with Gasteiger partial charge in [0.1, 0.15) is 6.61 Å². The Bertz CT molecular complexity index is 911. The molecule has 0 amide bonds. The van der Waals surface area contributed by atoms with Crippen LogP contribution in [0.5, 0.6) is 5.75 Å². The molecule has 2 aromatic heterocycles. The van der Waals surface area contributed by atoms with E-state index in [1.54, 1.807) is 24.5 Å². The molecule has 0 N–H and O–H groups in total. The van der Waals surface area contributed by atoms with Crippen LogP contribution in [0, 0.1) is 5.82 Å². The van der Waals surface area contributed by atoms with Crippen molar-refractivity contribution in [3.63, 3.8) is 0 Å². The van der Waals surface area contributed by atoms with E-state index < -0.39 is 11.8 Å². The van der Waals surface area contributed by atoms with Gasteiger partial charge in [0.2, 0.25) is 0 Å². The van der Waals surface area contributed by atoms with Crippen molar-refractivity contribution in [3.05, 3.63) is 48.0 Å². The van der Waals surface area contributed by atoms with Crippen molar-refractivity contribution >= 4 is 17.7 Å². The van der Waals surface area contributed by atoms with Crippen LogP contribution < -0.4 is 4.74 Å². The lowest BCUT2D eigenvalue weighted by atomic mass is 10.2. The molecular formula is C18H18FN3O4S. The topological polar surface area (TPSA) is 79.4 Å². The van der Waals surface area contributed by atoms with Gasteiger partial charge in [-0.2, -0.15) is 0 Å². The third-order valence-electron chi connectivity index (χ3n) is 3.71. The number of halogens is 1. The zero-order valence-corrected chi connectivity index (χ0v) is 15.7. The lowest BCUT2D eigenvalue weighted by Crippen LogP contribution is -2.09. The highest BCUT2D eigenvalue weighted by Crippen LogP contribution is 2.24. The standard InChI is InChI=1S/C18H18FN3O4S/c1-3-22-17(15-5-4-8-25-15)20-21-18(22)27-11-16(23)26-10-12-6-7-14(24-2)13(19)9-12/h4-9H,3,10-11H2,1-2H3. The van der Waals surface area contributed by atoms with Crippen LogP contribution in [0.15, 0.2) is 46.2 Å².